The minimum Gasteiger partial charge on any atom is -0.496 e. The molecule has 3 nitrogen and oxygen atoms in total. The number of hydrogen-bond donors (Lipinski definition) is 1. The molecular formula is C15H17BrO3S. The predicted octanol–water partition coefficient (Wildman–Crippen LogP) is 4.23. The van der Waals surface area contributed by atoms with E-state index >= 15 is 0 Å². The minimum absolute atomic E-state index is 0.696. The van der Waals surface area contributed by atoms with Crippen molar-refractivity contribution in [2.45, 2.75) is 20.0 Å². The molecule has 108 valence electrons. The monoisotopic (exact) mass is 356 g/mol. The third kappa shape index (κ3) is 2.57. The van der Waals surface area contributed by atoms with Gasteiger partial charge in [-0.25, -0.2) is 0 Å². The highest BCUT2D eigenvalue weighted by Gasteiger charge is 2.24. The van der Waals surface area contributed by atoms with Crippen LogP contribution in [0.25, 0.3) is 0 Å². The first kappa shape index (κ1) is 15.4. The Bertz CT molecular complexity index is 622. The molecule has 0 aliphatic rings. The van der Waals surface area contributed by atoms with E-state index < -0.39 is 6.10 Å². The third-order valence-corrected chi connectivity index (χ3v) is 5.09. The number of thiophene rings is 1. The van der Waals surface area contributed by atoms with Crippen LogP contribution in [0.3, 0.4) is 0 Å². The van der Waals surface area contributed by atoms with Crippen LogP contribution in [-0.2, 0) is 0 Å². The molecule has 0 saturated heterocycles. The van der Waals surface area contributed by atoms with Crippen LogP contribution >= 0.6 is 27.3 Å². The van der Waals surface area contributed by atoms with E-state index in [4.69, 9.17) is 9.47 Å². The van der Waals surface area contributed by atoms with Gasteiger partial charge in [-0.3, -0.25) is 0 Å². The van der Waals surface area contributed by atoms with Crippen LogP contribution < -0.4 is 9.47 Å². The van der Waals surface area contributed by atoms with E-state index in [1.165, 1.54) is 11.3 Å². The Morgan fingerprint density at radius 1 is 1.25 bits per heavy atom. The van der Waals surface area contributed by atoms with E-state index in [1.807, 2.05) is 31.4 Å². The highest BCUT2D eigenvalue weighted by Crippen LogP contribution is 2.42. The molecule has 1 N–H and O–H groups in total. The van der Waals surface area contributed by atoms with Crippen molar-refractivity contribution in [1.82, 2.24) is 0 Å². The lowest BCUT2D eigenvalue weighted by atomic mass is 9.98. The van der Waals surface area contributed by atoms with Gasteiger partial charge >= 0.3 is 0 Å². The van der Waals surface area contributed by atoms with Gasteiger partial charge in [-0.1, -0.05) is 15.9 Å². The van der Waals surface area contributed by atoms with Crippen molar-refractivity contribution >= 4 is 27.3 Å². The summed E-state index contributed by atoms with van der Waals surface area (Å²) in [6, 6.07) is 3.85. The van der Waals surface area contributed by atoms with Crippen molar-refractivity contribution in [3.63, 3.8) is 0 Å². The smallest absolute Gasteiger partial charge is 0.135 e. The standard InChI is InChI=1S/C15H17BrO3S/c1-8-7-10(16)9(2)12(14(8)19-4)13(17)15-11(18-3)5-6-20-15/h5-7,13,17H,1-4H3. The maximum absolute atomic E-state index is 10.8. The van der Waals surface area contributed by atoms with Crippen molar-refractivity contribution in [3.8, 4) is 11.5 Å². The Morgan fingerprint density at radius 3 is 2.55 bits per heavy atom. The molecule has 0 aliphatic heterocycles. The molecule has 0 fully saturated rings. The first-order chi connectivity index (χ1) is 9.51. The molecule has 1 heterocycles. The summed E-state index contributed by atoms with van der Waals surface area (Å²) in [4.78, 5) is 0.784. The summed E-state index contributed by atoms with van der Waals surface area (Å²) < 4.78 is 11.7. The molecule has 0 aliphatic carbocycles. The fraction of sp³-hybridized carbons (Fsp3) is 0.333. The molecule has 2 aromatic rings. The Morgan fingerprint density at radius 2 is 1.95 bits per heavy atom. The van der Waals surface area contributed by atoms with Crippen LogP contribution in [0.1, 0.15) is 27.7 Å². The Balaban J connectivity index is 2.62. The molecule has 0 bridgehead atoms. The van der Waals surface area contributed by atoms with Crippen LogP contribution in [0.2, 0.25) is 0 Å². The van der Waals surface area contributed by atoms with E-state index in [1.54, 1.807) is 14.2 Å². The molecule has 0 saturated carbocycles. The summed E-state index contributed by atoms with van der Waals surface area (Å²) in [6.45, 7) is 3.93. The zero-order valence-corrected chi connectivity index (χ0v) is 14.3. The number of aryl methyl sites for hydroxylation is 1. The normalized spacial score (nSPS) is 12.3. The third-order valence-electron chi connectivity index (χ3n) is 3.31. The summed E-state index contributed by atoms with van der Waals surface area (Å²) in [7, 11) is 3.23. The van der Waals surface area contributed by atoms with Crippen LogP contribution in [0.4, 0.5) is 0 Å². The van der Waals surface area contributed by atoms with Gasteiger partial charge in [0.25, 0.3) is 0 Å². The molecule has 0 spiro atoms. The Kier molecular flexibility index (Phi) is 4.73. The topological polar surface area (TPSA) is 38.7 Å². The second kappa shape index (κ2) is 6.16. The number of aliphatic hydroxyl groups excluding tert-OH is 1. The SMILES string of the molecule is COc1ccsc1C(O)c1c(C)c(Br)cc(C)c1OC. The highest BCUT2D eigenvalue weighted by molar-refractivity contribution is 9.10. The molecule has 1 aromatic heterocycles. The maximum atomic E-state index is 10.8. The zero-order chi connectivity index (χ0) is 14.9. The predicted molar refractivity (Wildman–Crippen MR) is 85.1 cm³/mol. The second-order valence-corrected chi connectivity index (χ2v) is 6.31. The summed E-state index contributed by atoms with van der Waals surface area (Å²) in [6.07, 6.45) is -0.768. The van der Waals surface area contributed by atoms with Crippen molar-refractivity contribution in [3.05, 3.63) is 43.6 Å². The quantitative estimate of drug-likeness (QED) is 0.890. The van der Waals surface area contributed by atoms with E-state index in [0.29, 0.717) is 11.5 Å². The van der Waals surface area contributed by atoms with Crippen molar-refractivity contribution < 1.29 is 14.6 Å². The van der Waals surface area contributed by atoms with Gasteiger partial charge in [-0.15, -0.1) is 11.3 Å². The van der Waals surface area contributed by atoms with E-state index in [9.17, 15) is 5.11 Å². The molecule has 5 heteroatoms. The highest BCUT2D eigenvalue weighted by atomic mass is 79.9. The molecule has 20 heavy (non-hydrogen) atoms. The van der Waals surface area contributed by atoms with Crippen LogP contribution in [-0.4, -0.2) is 19.3 Å². The summed E-state index contributed by atoms with van der Waals surface area (Å²) in [5.41, 5.74) is 2.73. The van der Waals surface area contributed by atoms with Gasteiger partial charge in [0.15, 0.2) is 0 Å². The Hall–Kier alpha value is -1.04. The zero-order valence-electron chi connectivity index (χ0n) is 11.9. The van der Waals surface area contributed by atoms with Gasteiger partial charge < -0.3 is 14.6 Å². The minimum atomic E-state index is -0.768. The largest absolute Gasteiger partial charge is 0.496 e. The van der Waals surface area contributed by atoms with Crippen molar-refractivity contribution in [1.29, 1.82) is 0 Å². The number of ether oxygens (including phenoxy) is 2. The second-order valence-electron chi connectivity index (χ2n) is 4.50. The van der Waals surface area contributed by atoms with Gasteiger partial charge in [0.05, 0.1) is 19.1 Å². The molecule has 2 rings (SSSR count). The first-order valence-corrected chi connectivity index (χ1v) is 7.81. The average Bonchev–Trinajstić information content (AvgIpc) is 2.90. The number of benzene rings is 1. The van der Waals surface area contributed by atoms with Crippen LogP contribution in [0.15, 0.2) is 22.0 Å². The van der Waals surface area contributed by atoms with Crippen LogP contribution in [0.5, 0.6) is 11.5 Å². The summed E-state index contributed by atoms with van der Waals surface area (Å²) >= 11 is 5.00. The van der Waals surface area contributed by atoms with Gasteiger partial charge in [-0.05, 0) is 42.5 Å². The van der Waals surface area contributed by atoms with Gasteiger partial charge in [0.1, 0.15) is 17.6 Å². The molecule has 0 radical (unpaired) electrons. The molecular weight excluding hydrogens is 340 g/mol. The fourth-order valence-electron chi connectivity index (χ4n) is 2.28. The Labute approximate surface area is 131 Å². The fourth-order valence-corrected chi connectivity index (χ4v) is 3.69. The lowest BCUT2D eigenvalue weighted by Crippen LogP contribution is -2.06. The summed E-state index contributed by atoms with van der Waals surface area (Å²) in [5.74, 6) is 1.41. The molecule has 0 amide bonds. The van der Waals surface area contributed by atoms with E-state index in [2.05, 4.69) is 15.9 Å². The first-order valence-electron chi connectivity index (χ1n) is 6.14. The number of hydrogen-bond acceptors (Lipinski definition) is 4. The van der Waals surface area contributed by atoms with Gasteiger partial charge in [-0.2, -0.15) is 0 Å². The van der Waals surface area contributed by atoms with E-state index in [0.717, 1.165) is 26.0 Å². The lowest BCUT2D eigenvalue weighted by molar-refractivity contribution is 0.212. The molecule has 1 aromatic carbocycles. The van der Waals surface area contributed by atoms with Crippen molar-refractivity contribution in [2.75, 3.05) is 14.2 Å². The summed E-state index contributed by atoms with van der Waals surface area (Å²) in [5, 5.41) is 12.7. The number of aliphatic hydroxyl groups is 1. The maximum Gasteiger partial charge on any atom is 0.135 e. The van der Waals surface area contributed by atoms with Gasteiger partial charge in [0.2, 0.25) is 0 Å². The number of rotatable bonds is 4. The molecule has 1 atom stereocenters. The molecule has 1 unspecified atom stereocenters. The van der Waals surface area contributed by atoms with Crippen molar-refractivity contribution in [2.24, 2.45) is 0 Å². The number of halogens is 1. The average molecular weight is 357 g/mol. The van der Waals surface area contributed by atoms with Gasteiger partial charge in [0, 0.05) is 10.0 Å². The van der Waals surface area contributed by atoms with E-state index in [-0.39, 0.29) is 0 Å². The number of methoxy groups -OCH3 is 2. The van der Waals surface area contributed by atoms with Crippen LogP contribution in [0, 0.1) is 13.8 Å². The lowest BCUT2D eigenvalue weighted by Gasteiger charge is -2.20.